The third kappa shape index (κ3) is 3.11. The number of hydrogen-bond donors (Lipinski definition) is 1. The number of hydrogen-bond acceptors (Lipinski definition) is 2. The molecule has 0 fully saturated rings. The number of ether oxygens (including phenoxy) is 1. The summed E-state index contributed by atoms with van der Waals surface area (Å²) in [7, 11) is 0. The van der Waals surface area contributed by atoms with Gasteiger partial charge in [0.2, 0.25) is 0 Å². The summed E-state index contributed by atoms with van der Waals surface area (Å²) in [6, 6.07) is 8.92. The summed E-state index contributed by atoms with van der Waals surface area (Å²) in [6.45, 7) is 3.66. The first-order chi connectivity index (χ1) is 7.88. The van der Waals surface area contributed by atoms with Crippen molar-refractivity contribution >= 4 is 0 Å². The molecular formula is C14H19NO. The second-order valence-corrected chi connectivity index (χ2v) is 4.10. The molecule has 2 nitrogen and oxygen atoms in total. The van der Waals surface area contributed by atoms with Gasteiger partial charge in [-0.25, -0.2) is 0 Å². The predicted molar refractivity (Wildman–Crippen MR) is 66.6 cm³/mol. The SMILES string of the molecule is CCOc1cccc(CNC2CC=CC2)c1. The lowest BCUT2D eigenvalue weighted by Gasteiger charge is -2.12. The van der Waals surface area contributed by atoms with E-state index >= 15 is 0 Å². The van der Waals surface area contributed by atoms with Crippen LogP contribution >= 0.6 is 0 Å². The molecule has 1 aromatic rings. The Balaban J connectivity index is 1.85. The Labute approximate surface area is 97.3 Å². The van der Waals surface area contributed by atoms with Crippen LogP contribution in [0, 0.1) is 0 Å². The fourth-order valence-corrected chi connectivity index (χ4v) is 1.96. The Morgan fingerprint density at radius 1 is 1.31 bits per heavy atom. The second-order valence-electron chi connectivity index (χ2n) is 4.10. The van der Waals surface area contributed by atoms with Gasteiger partial charge in [0.1, 0.15) is 5.75 Å². The van der Waals surface area contributed by atoms with E-state index in [4.69, 9.17) is 4.74 Å². The second kappa shape index (κ2) is 5.71. The molecule has 0 atom stereocenters. The van der Waals surface area contributed by atoms with Gasteiger partial charge < -0.3 is 10.1 Å². The molecule has 0 saturated carbocycles. The van der Waals surface area contributed by atoms with Gasteiger partial charge in [-0.3, -0.25) is 0 Å². The standard InChI is InChI=1S/C14H19NO/c1-2-16-14-9-5-6-12(10-14)11-15-13-7-3-4-8-13/h3-6,9-10,13,15H,2,7-8,11H2,1H3. The Morgan fingerprint density at radius 2 is 2.12 bits per heavy atom. The highest BCUT2D eigenvalue weighted by Gasteiger charge is 2.08. The molecule has 0 heterocycles. The normalized spacial score (nSPS) is 15.6. The van der Waals surface area contributed by atoms with Crippen LogP contribution in [-0.4, -0.2) is 12.6 Å². The van der Waals surface area contributed by atoms with Crippen molar-refractivity contribution in [3.63, 3.8) is 0 Å². The van der Waals surface area contributed by atoms with E-state index in [0.717, 1.165) is 31.7 Å². The zero-order valence-corrected chi connectivity index (χ0v) is 9.78. The van der Waals surface area contributed by atoms with E-state index in [9.17, 15) is 0 Å². The minimum Gasteiger partial charge on any atom is -0.494 e. The molecular weight excluding hydrogens is 198 g/mol. The van der Waals surface area contributed by atoms with Crippen molar-refractivity contribution < 1.29 is 4.74 Å². The van der Waals surface area contributed by atoms with Crippen molar-refractivity contribution in [3.8, 4) is 5.75 Å². The van der Waals surface area contributed by atoms with Gasteiger partial charge in [-0.1, -0.05) is 24.3 Å². The lowest BCUT2D eigenvalue weighted by molar-refractivity contribution is 0.339. The third-order valence-corrected chi connectivity index (χ3v) is 2.81. The molecule has 0 radical (unpaired) electrons. The molecule has 1 N–H and O–H groups in total. The van der Waals surface area contributed by atoms with Gasteiger partial charge in [-0.2, -0.15) is 0 Å². The number of nitrogens with one attached hydrogen (secondary N) is 1. The summed E-state index contributed by atoms with van der Waals surface area (Å²) in [4.78, 5) is 0. The number of rotatable bonds is 5. The Bertz CT molecular complexity index is 352. The molecule has 0 bridgehead atoms. The highest BCUT2D eigenvalue weighted by molar-refractivity contribution is 5.28. The van der Waals surface area contributed by atoms with Crippen molar-refractivity contribution in [1.82, 2.24) is 5.32 Å². The van der Waals surface area contributed by atoms with Crippen LogP contribution in [-0.2, 0) is 6.54 Å². The monoisotopic (exact) mass is 217 g/mol. The van der Waals surface area contributed by atoms with Gasteiger partial charge in [-0.05, 0) is 37.5 Å². The van der Waals surface area contributed by atoms with E-state index in [-0.39, 0.29) is 0 Å². The Hall–Kier alpha value is -1.28. The van der Waals surface area contributed by atoms with Gasteiger partial charge >= 0.3 is 0 Å². The van der Waals surface area contributed by atoms with E-state index in [1.54, 1.807) is 0 Å². The molecule has 86 valence electrons. The summed E-state index contributed by atoms with van der Waals surface area (Å²) in [5.74, 6) is 0.964. The maximum Gasteiger partial charge on any atom is 0.119 e. The van der Waals surface area contributed by atoms with Crippen molar-refractivity contribution in [1.29, 1.82) is 0 Å². The van der Waals surface area contributed by atoms with Gasteiger partial charge in [0.15, 0.2) is 0 Å². The topological polar surface area (TPSA) is 21.3 Å². The molecule has 0 aromatic heterocycles. The number of benzene rings is 1. The van der Waals surface area contributed by atoms with Gasteiger partial charge in [0, 0.05) is 12.6 Å². The van der Waals surface area contributed by atoms with E-state index < -0.39 is 0 Å². The molecule has 0 unspecified atom stereocenters. The van der Waals surface area contributed by atoms with Crippen molar-refractivity contribution in [2.75, 3.05) is 6.61 Å². The molecule has 0 amide bonds. The minimum absolute atomic E-state index is 0.621. The zero-order chi connectivity index (χ0) is 11.2. The fraction of sp³-hybridized carbons (Fsp3) is 0.429. The van der Waals surface area contributed by atoms with Crippen LogP contribution in [0.5, 0.6) is 5.75 Å². The van der Waals surface area contributed by atoms with Crippen molar-refractivity contribution in [2.45, 2.75) is 32.4 Å². The molecule has 2 heteroatoms. The quantitative estimate of drug-likeness (QED) is 0.766. The van der Waals surface area contributed by atoms with Gasteiger partial charge in [0.05, 0.1) is 6.61 Å². The molecule has 0 spiro atoms. The fourth-order valence-electron chi connectivity index (χ4n) is 1.96. The van der Waals surface area contributed by atoms with E-state index in [1.807, 2.05) is 13.0 Å². The average Bonchev–Trinajstić information content (AvgIpc) is 2.80. The van der Waals surface area contributed by atoms with Crippen LogP contribution in [0.15, 0.2) is 36.4 Å². The summed E-state index contributed by atoms with van der Waals surface area (Å²) in [6.07, 6.45) is 6.80. The highest BCUT2D eigenvalue weighted by Crippen LogP contribution is 2.14. The van der Waals surface area contributed by atoms with Gasteiger partial charge in [0.25, 0.3) is 0 Å². The maximum absolute atomic E-state index is 5.48. The summed E-state index contributed by atoms with van der Waals surface area (Å²) >= 11 is 0. The van der Waals surface area contributed by atoms with E-state index in [1.165, 1.54) is 5.56 Å². The maximum atomic E-state index is 5.48. The van der Waals surface area contributed by atoms with E-state index in [2.05, 4.69) is 35.7 Å². The smallest absolute Gasteiger partial charge is 0.119 e. The Morgan fingerprint density at radius 3 is 2.88 bits per heavy atom. The van der Waals surface area contributed by atoms with Crippen LogP contribution in [0.4, 0.5) is 0 Å². The van der Waals surface area contributed by atoms with Crippen LogP contribution < -0.4 is 10.1 Å². The molecule has 1 aromatic carbocycles. The highest BCUT2D eigenvalue weighted by atomic mass is 16.5. The van der Waals surface area contributed by atoms with Crippen LogP contribution in [0.3, 0.4) is 0 Å². The van der Waals surface area contributed by atoms with Crippen LogP contribution in [0.25, 0.3) is 0 Å². The first kappa shape index (κ1) is 11.2. The molecule has 2 rings (SSSR count). The molecule has 1 aliphatic carbocycles. The molecule has 16 heavy (non-hydrogen) atoms. The lowest BCUT2D eigenvalue weighted by Crippen LogP contribution is -2.25. The summed E-state index contributed by atoms with van der Waals surface area (Å²) in [5, 5.41) is 3.55. The van der Waals surface area contributed by atoms with Crippen molar-refractivity contribution in [2.24, 2.45) is 0 Å². The molecule has 0 aliphatic heterocycles. The summed E-state index contributed by atoms with van der Waals surface area (Å²) in [5.41, 5.74) is 1.29. The predicted octanol–water partition coefficient (Wildman–Crippen LogP) is 2.89. The molecule has 0 saturated heterocycles. The first-order valence-corrected chi connectivity index (χ1v) is 5.98. The largest absolute Gasteiger partial charge is 0.494 e. The van der Waals surface area contributed by atoms with Gasteiger partial charge in [-0.15, -0.1) is 0 Å². The zero-order valence-electron chi connectivity index (χ0n) is 9.78. The third-order valence-electron chi connectivity index (χ3n) is 2.81. The first-order valence-electron chi connectivity index (χ1n) is 5.98. The minimum atomic E-state index is 0.621. The van der Waals surface area contributed by atoms with Crippen molar-refractivity contribution in [3.05, 3.63) is 42.0 Å². The average molecular weight is 217 g/mol. The van der Waals surface area contributed by atoms with Crippen LogP contribution in [0.2, 0.25) is 0 Å². The summed E-state index contributed by atoms with van der Waals surface area (Å²) < 4.78 is 5.48. The van der Waals surface area contributed by atoms with Crippen LogP contribution in [0.1, 0.15) is 25.3 Å². The molecule has 1 aliphatic rings. The lowest BCUT2D eigenvalue weighted by atomic mass is 10.2. The van der Waals surface area contributed by atoms with E-state index in [0.29, 0.717) is 6.04 Å². The Kier molecular flexibility index (Phi) is 4.00.